The molecular formula is C16H26O8Sn. The van der Waals surface area contributed by atoms with Crippen LogP contribution < -0.4 is 0 Å². The van der Waals surface area contributed by atoms with Crippen LogP contribution in [0.4, 0.5) is 0 Å². The van der Waals surface area contributed by atoms with Crippen LogP contribution in [-0.4, -0.2) is 45.0 Å². The maximum atomic E-state index is 10.7. The Morgan fingerprint density at radius 3 is 1.36 bits per heavy atom. The van der Waals surface area contributed by atoms with Gasteiger partial charge in [0.25, 0.3) is 0 Å². The molecule has 0 atom stereocenters. The van der Waals surface area contributed by atoms with Crippen molar-refractivity contribution in [1.82, 2.24) is 0 Å². The summed E-state index contributed by atoms with van der Waals surface area (Å²) in [6.45, 7) is 6.62. The van der Waals surface area contributed by atoms with E-state index in [9.17, 15) is 19.2 Å². The van der Waals surface area contributed by atoms with E-state index in [4.69, 9.17) is 0 Å². The first-order chi connectivity index (χ1) is 11.8. The zero-order valence-electron chi connectivity index (χ0n) is 15.2. The average molecular weight is 465 g/mol. The Kier molecular flexibility index (Phi) is 19.2. The molecule has 0 unspecified atom stereocenters. The Labute approximate surface area is 158 Å². The third kappa shape index (κ3) is 24.8. The topological polar surface area (TPSA) is 105 Å². The number of hydrogen-bond acceptors (Lipinski definition) is 8. The van der Waals surface area contributed by atoms with Crippen molar-refractivity contribution < 1.29 is 38.7 Å². The van der Waals surface area contributed by atoms with Gasteiger partial charge in [-0.3, -0.25) is 0 Å². The van der Waals surface area contributed by atoms with Crippen LogP contribution in [0.15, 0.2) is 12.2 Å². The van der Waals surface area contributed by atoms with Crippen molar-refractivity contribution >= 4 is 45.0 Å². The van der Waals surface area contributed by atoms with Gasteiger partial charge in [0.15, 0.2) is 0 Å². The second kappa shape index (κ2) is 18.8. The molecule has 0 aromatic carbocycles. The molecule has 0 bridgehead atoms. The summed E-state index contributed by atoms with van der Waals surface area (Å²) in [5.41, 5.74) is 0. The third-order valence-corrected chi connectivity index (χ3v) is 6.29. The van der Waals surface area contributed by atoms with Crippen LogP contribution in [0.1, 0.15) is 53.4 Å². The fraction of sp³-hybridized carbons (Fsp3) is 0.625. The predicted molar refractivity (Wildman–Crippen MR) is 90.0 cm³/mol. The van der Waals surface area contributed by atoms with Gasteiger partial charge < -0.3 is 0 Å². The zero-order chi connectivity index (χ0) is 19.5. The first-order valence-corrected chi connectivity index (χ1v) is 12.0. The van der Waals surface area contributed by atoms with Gasteiger partial charge in [-0.1, -0.05) is 0 Å². The van der Waals surface area contributed by atoms with E-state index in [1.165, 1.54) is 25.7 Å². The van der Waals surface area contributed by atoms with Gasteiger partial charge in [-0.15, -0.1) is 0 Å². The number of hydrogen-bond donors (Lipinski definition) is 0. The molecule has 142 valence electrons. The molecule has 0 aliphatic carbocycles. The second-order valence-electron chi connectivity index (χ2n) is 4.75. The average Bonchev–Trinajstić information content (AvgIpc) is 2.56. The van der Waals surface area contributed by atoms with Crippen LogP contribution in [0.25, 0.3) is 0 Å². The zero-order valence-corrected chi connectivity index (χ0v) is 18.0. The van der Waals surface area contributed by atoms with Crippen molar-refractivity contribution in [3.8, 4) is 0 Å². The molecule has 0 rings (SSSR count). The second-order valence-corrected chi connectivity index (χ2v) is 9.03. The maximum absolute atomic E-state index is 10.7. The summed E-state index contributed by atoms with van der Waals surface area (Å²) >= 11 is 0.149. The van der Waals surface area contributed by atoms with E-state index < -0.39 is 23.9 Å². The molecule has 0 saturated heterocycles. The van der Waals surface area contributed by atoms with Gasteiger partial charge >= 0.3 is 93.4 Å². The van der Waals surface area contributed by atoms with Crippen LogP contribution in [0, 0.1) is 0 Å². The summed E-state index contributed by atoms with van der Waals surface area (Å²) in [6.07, 6.45) is 7.08. The standard InChI is InChI=1S/C8H8O8.2C4H9.Sn/c1-5(9)13-15-7(11)3-4-8(12)16-14-6(2)10;2*1-3-4-2;/h3-4H,1-2H3;2*1,3-4H2,2H3;/b4-3-;;;. The van der Waals surface area contributed by atoms with Crippen molar-refractivity contribution in [2.45, 2.75) is 62.3 Å². The Hall–Kier alpha value is -1.58. The minimum absolute atomic E-state index is 0.149. The number of unbranched alkanes of at least 4 members (excludes halogenated alkanes) is 2. The number of carbonyl (C=O) groups excluding carboxylic acids is 4. The van der Waals surface area contributed by atoms with Gasteiger partial charge in [0.2, 0.25) is 0 Å². The molecule has 8 nitrogen and oxygen atoms in total. The SMILES string of the molecule is CC(=O)OOC(=O)/C=C\C(=O)OOC(C)=O.CCC[CH2][Sn][CH2]CCC. The Balaban J connectivity index is 0. The monoisotopic (exact) mass is 466 g/mol. The summed E-state index contributed by atoms with van der Waals surface area (Å²) in [6, 6.07) is 0. The molecule has 0 aliphatic rings. The molecule has 0 N–H and O–H groups in total. The fourth-order valence-corrected chi connectivity index (χ4v) is 5.28. The molecular weight excluding hydrogens is 439 g/mol. The van der Waals surface area contributed by atoms with Crippen molar-refractivity contribution in [1.29, 1.82) is 0 Å². The molecule has 9 heteroatoms. The molecule has 2 radical (unpaired) electrons. The van der Waals surface area contributed by atoms with Crippen LogP contribution in [-0.2, 0) is 38.7 Å². The molecule has 0 aliphatic heterocycles. The summed E-state index contributed by atoms with van der Waals surface area (Å²) in [7, 11) is 0. The number of carbonyl (C=O) groups is 4. The molecule has 0 aromatic rings. The predicted octanol–water partition coefficient (Wildman–Crippen LogP) is 2.71. The van der Waals surface area contributed by atoms with Gasteiger partial charge in [-0.05, 0) is 0 Å². The molecule has 0 heterocycles. The van der Waals surface area contributed by atoms with E-state index in [0.29, 0.717) is 12.2 Å². The molecule has 0 fully saturated rings. The first-order valence-electron chi connectivity index (χ1n) is 8.00. The van der Waals surface area contributed by atoms with Crippen LogP contribution >= 0.6 is 0 Å². The van der Waals surface area contributed by atoms with Crippen LogP contribution in [0.5, 0.6) is 0 Å². The van der Waals surface area contributed by atoms with Crippen molar-refractivity contribution in [2.75, 3.05) is 0 Å². The molecule has 0 saturated carbocycles. The van der Waals surface area contributed by atoms with E-state index in [1.807, 2.05) is 0 Å². The quantitative estimate of drug-likeness (QED) is 0.177. The van der Waals surface area contributed by atoms with E-state index in [-0.39, 0.29) is 21.1 Å². The minimum atomic E-state index is -1.10. The van der Waals surface area contributed by atoms with Gasteiger partial charge in [0.1, 0.15) is 0 Å². The van der Waals surface area contributed by atoms with Crippen LogP contribution in [0.3, 0.4) is 0 Å². The fourth-order valence-electron chi connectivity index (χ4n) is 1.12. The Morgan fingerprint density at radius 1 is 0.720 bits per heavy atom. The van der Waals surface area contributed by atoms with Gasteiger partial charge in [0, 0.05) is 26.0 Å². The normalized spacial score (nSPS) is 9.60. The van der Waals surface area contributed by atoms with E-state index in [0.717, 1.165) is 13.8 Å². The number of rotatable bonds is 8. The summed E-state index contributed by atoms with van der Waals surface area (Å²) in [4.78, 5) is 57.3. The van der Waals surface area contributed by atoms with E-state index >= 15 is 0 Å². The summed E-state index contributed by atoms with van der Waals surface area (Å²) in [5, 5.41) is 0. The Bertz CT molecular complexity index is 396. The molecule has 0 amide bonds. The van der Waals surface area contributed by atoms with Crippen molar-refractivity contribution in [3.63, 3.8) is 0 Å². The van der Waals surface area contributed by atoms with Gasteiger partial charge in [-0.25, -0.2) is 38.7 Å². The summed E-state index contributed by atoms with van der Waals surface area (Å²) < 4.78 is 3.25. The molecule has 25 heavy (non-hydrogen) atoms. The van der Waals surface area contributed by atoms with E-state index in [1.54, 1.807) is 8.87 Å². The van der Waals surface area contributed by atoms with Crippen LogP contribution in [0.2, 0.25) is 8.87 Å². The Morgan fingerprint density at radius 2 is 1.08 bits per heavy atom. The molecule has 0 spiro atoms. The molecule has 0 aromatic heterocycles. The van der Waals surface area contributed by atoms with E-state index in [2.05, 4.69) is 33.4 Å². The third-order valence-electron chi connectivity index (χ3n) is 2.25. The summed E-state index contributed by atoms with van der Waals surface area (Å²) in [5.74, 6) is -3.86. The van der Waals surface area contributed by atoms with Crippen molar-refractivity contribution in [2.24, 2.45) is 0 Å². The van der Waals surface area contributed by atoms with Gasteiger partial charge in [-0.2, -0.15) is 0 Å². The van der Waals surface area contributed by atoms with Crippen molar-refractivity contribution in [3.05, 3.63) is 12.2 Å². The first kappa shape index (κ1) is 25.7. The van der Waals surface area contributed by atoms with Gasteiger partial charge in [0.05, 0.1) is 0 Å².